The topological polar surface area (TPSA) is 140 Å². The smallest absolute Gasteiger partial charge is 0.263 e. The molecule has 4 N–H and O–H groups in total. The maximum absolute atomic E-state index is 13.5. The van der Waals surface area contributed by atoms with Gasteiger partial charge in [-0.2, -0.15) is 0 Å². The molecule has 1 atom stereocenters. The molecule has 3 aromatic carbocycles. The Morgan fingerprint density at radius 1 is 1.05 bits per heavy atom. The van der Waals surface area contributed by atoms with Crippen LogP contribution in [0.4, 0.5) is 17.3 Å². The Hall–Kier alpha value is -3.93. The monoisotopic (exact) mass is 566 g/mol. The molecule has 1 unspecified atom stereocenters. The number of amides is 1. The van der Waals surface area contributed by atoms with E-state index in [-0.39, 0.29) is 34.0 Å². The van der Waals surface area contributed by atoms with E-state index in [1.54, 1.807) is 53.4 Å². The molecule has 12 heteroatoms. The van der Waals surface area contributed by atoms with Crippen LogP contribution in [0.1, 0.15) is 23.2 Å². The minimum Gasteiger partial charge on any atom is -0.497 e. The number of rotatable bonds is 7. The highest BCUT2D eigenvalue weighted by Gasteiger charge is 2.25. The summed E-state index contributed by atoms with van der Waals surface area (Å²) in [4.78, 5) is 23.7. The van der Waals surface area contributed by atoms with Crippen LogP contribution >= 0.6 is 11.6 Å². The molecule has 1 amide bonds. The van der Waals surface area contributed by atoms with Crippen LogP contribution in [0.2, 0.25) is 5.02 Å². The summed E-state index contributed by atoms with van der Waals surface area (Å²) in [7, 11) is -2.63. The molecule has 10 nitrogen and oxygen atoms in total. The number of aromatic nitrogens is 2. The Balaban J connectivity index is 1.49. The second-order valence-corrected chi connectivity index (χ2v) is 11.3. The van der Waals surface area contributed by atoms with Crippen LogP contribution in [0, 0.1) is 0 Å². The van der Waals surface area contributed by atoms with Crippen LogP contribution in [-0.4, -0.2) is 55.4 Å². The molecule has 0 bridgehead atoms. The average molecular weight is 567 g/mol. The second kappa shape index (κ2) is 11.0. The van der Waals surface area contributed by atoms with Crippen LogP contribution in [0.25, 0.3) is 11.0 Å². The molecule has 0 aliphatic carbocycles. The zero-order valence-corrected chi connectivity index (χ0v) is 22.7. The van der Waals surface area contributed by atoms with Crippen molar-refractivity contribution in [2.75, 3.05) is 30.2 Å². The number of halogens is 1. The average Bonchev–Trinajstić information content (AvgIpc) is 2.94. The van der Waals surface area contributed by atoms with Crippen molar-refractivity contribution in [3.05, 3.63) is 77.3 Å². The molecule has 1 saturated heterocycles. The quantitative estimate of drug-likeness (QED) is 0.299. The van der Waals surface area contributed by atoms with Crippen LogP contribution in [-0.2, 0) is 10.0 Å². The number of carbonyl (C=O) groups is 1. The summed E-state index contributed by atoms with van der Waals surface area (Å²) in [5.41, 5.74) is 7.78. The highest BCUT2D eigenvalue weighted by molar-refractivity contribution is 7.92. The number of para-hydroxylation sites is 2. The van der Waals surface area contributed by atoms with Gasteiger partial charge in [-0.25, -0.2) is 18.4 Å². The van der Waals surface area contributed by atoms with E-state index in [2.05, 4.69) is 20.0 Å². The number of methoxy groups -OCH3 is 1. The summed E-state index contributed by atoms with van der Waals surface area (Å²) in [5, 5.41) is 3.45. The van der Waals surface area contributed by atoms with Crippen molar-refractivity contribution < 1.29 is 17.9 Å². The fraction of sp³-hybridized carbons (Fsp3) is 0.222. The van der Waals surface area contributed by atoms with Gasteiger partial charge in [-0.1, -0.05) is 29.8 Å². The third kappa shape index (κ3) is 5.90. The molecule has 5 rings (SSSR count). The molecule has 2 heterocycles. The first-order valence-electron chi connectivity index (χ1n) is 12.3. The number of anilines is 3. The number of ether oxygens (including phenoxy) is 1. The van der Waals surface area contributed by atoms with Crippen LogP contribution < -0.4 is 20.5 Å². The Labute approximate surface area is 231 Å². The number of carbonyl (C=O) groups excluding carboxylic acids is 1. The van der Waals surface area contributed by atoms with Gasteiger partial charge in [0.25, 0.3) is 15.9 Å². The van der Waals surface area contributed by atoms with Gasteiger partial charge in [0, 0.05) is 30.8 Å². The van der Waals surface area contributed by atoms with Gasteiger partial charge in [-0.05, 0) is 55.3 Å². The first kappa shape index (κ1) is 26.7. The van der Waals surface area contributed by atoms with Gasteiger partial charge in [0.05, 0.1) is 33.7 Å². The third-order valence-electron chi connectivity index (χ3n) is 6.36. The van der Waals surface area contributed by atoms with Crippen LogP contribution in [0.5, 0.6) is 5.75 Å². The molecule has 0 saturated carbocycles. The maximum Gasteiger partial charge on any atom is 0.263 e. The fourth-order valence-electron chi connectivity index (χ4n) is 4.37. The molecule has 0 radical (unpaired) electrons. The Morgan fingerprint density at radius 3 is 2.51 bits per heavy atom. The molecule has 0 spiro atoms. The predicted molar refractivity (Wildman–Crippen MR) is 151 cm³/mol. The third-order valence-corrected chi connectivity index (χ3v) is 8.03. The van der Waals surface area contributed by atoms with E-state index < -0.39 is 10.0 Å². The lowest BCUT2D eigenvalue weighted by molar-refractivity contribution is 0.0708. The van der Waals surface area contributed by atoms with Gasteiger partial charge in [0.15, 0.2) is 11.6 Å². The normalized spacial score (nSPS) is 15.7. The molecule has 1 fully saturated rings. The first-order chi connectivity index (χ1) is 18.7. The molecule has 1 aliphatic rings. The maximum atomic E-state index is 13.5. The molecule has 1 aliphatic heterocycles. The highest BCUT2D eigenvalue weighted by atomic mass is 35.5. The number of nitrogens with two attached hydrogens (primary N) is 1. The van der Waals surface area contributed by atoms with Gasteiger partial charge >= 0.3 is 0 Å². The minimum atomic E-state index is -4.16. The van der Waals surface area contributed by atoms with Gasteiger partial charge in [-0.3, -0.25) is 9.52 Å². The molecule has 202 valence electrons. The van der Waals surface area contributed by atoms with E-state index >= 15 is 0 Å². The van der Waals surface area contributed by atoms with Crippen molar-refractivity contribution in [3.63, 3.8) is 0 Å². The highest BCUT2D eigenvalue weighted by Crippen LogP contribution is 2.33. The van der Waals surface area contributed by atoms with Crippen molar-refractivity contribution in [2.45, 2.75) is 23.8 Å². The summed E-state index contributed by atoms with van der Waals surface area (Å²) in [6.07, 6.45) is 1.66. The van der Waals surface area contributed by atoms with Gasteiger partial charge in [0.2, 0.25) is 0 Å². The van der Waals surface area contributed by atoms with Crippen molar-refractivity contribution >= 4 is 55.9 Å². The lowest BCUT2D eigenvalue weighted by atomic mass is 10.1. The largest absolute Gasteiger partial charge is 0.497 e. The lowest BCUT2D eigenvalue weighted by Gasteiger charge is -2.30. The lowest BCUT2D eigenvalue weighted by Crippen LogP contribution is -2.45. The van der Waals surface area contributed by atoms with Crippen molar-refractivity contribution in [2.24, 2.45) is 5.73 Å². The van der Waals surface area contributed by atoms with Gasteiger partial charge in [0.1, 0.15) is 5.75 Å². The van der Waals surface area contributed by atoms with Crippen molar-refractivity contribution in [3.8, 4) is 5.75 Å². The van der Waals surface area contributed by atoms with Crippen LogP contribution in [0.15, 0.2) is 71.6 Å². The predicted octanol–water partition coefficient (Wildman–Crippen LogP) is 4.40. The van der Waals surface area contributed by atoms with E-state index in [4.69, 9.17) is 22.1 Å². The number of hydrogen-bond donors (Lipinski definition) is 3. The number of nitrogens with one attached hydrogen (secondary N) is 2. The summed E-state index contributed by atoms with van der Waals surface area (Å²) in [6, 6.07) is 17.9. The van der Waals surface area contributed by atoms with Crippen molar-refractivity contribution in [1.29, 1.82) is 0 Å². The fourth-order valence-corrected chi connectivity index (χ4v) is 5.59. The summed E-state index contributed by atoms with van der Waals surface area (Å²) in [6.45, 7) is 1.01. The molecule has 1 aromatic heterocycles. The van der Waals surface area contributed by atoms with E-state index in [9.17, 15) is 13.2 Å². The molecule has 4 aromatic rings. The number of fused-ring (bicyclic) bond motifs is 1. The van der Waals surface area contributed by atoms with E-state index in [1.165, 1.54) is 25.3 Å². The van der Waals surface area contributed by atoms with E-state index in [0.29, 0.717) is 40.6 Å². The Bertz CT molecular complexity index is 1650. The molecular formula is C27H27ClN6O4S. The molecular weight excluding hydrogens is 540 g/mol. The number of benzene rings is 3. The number of hydrogen-bond acceptors (Lipinski definition) is 8. The van der Waals surface area contributed by atoms with Crippen molar-refractivity contribution in [1.82, 2.24) is 14.9 Å². The molecule has 39 heavy (non-hydrogen) atoms. The zero-order valence-electron chi connectivity index (χ0n) is 21.1. The summed E-state index contributed by atoms with van der Waals surface area (Å²) >= 11 is 6.37. The summed E-state index contributed by atoms with van der Waals surface area (Å²) in [5.74, 6) is 0.393. The number of sulfonamides is 1. The van der Waals surface area contributed by atoms with E-state index in [1.807, 2.05) is 0 Å². The standard InChI is InChI=1S/C27H27ClN6O4S/c1-38-19-11-12-21(28)24(15-19)32-25-26(31-23-10-3-2-9-22(23)30-25)33-39(36,37)20-8-4-6-17(14-20)27(35)34-13-5-7-18(29)16-34/h2-4,6,8-12,14-15,18H,5,7,13,16,29H2,1H3,(H,30,32)(H,31,33). The zero-order chi connectivity index (χ0) is 27.6. The second-order valence-electron chi connectivity index (χ2n) is 9.17. The number of likely N-dealkylation sites (tertiary alicyclic amines) is 1. The van der Waals surface area contributed by atoms with Gasteiger partial charge < -0.3 is 20.7 Å². The SMILES string of the molecule is COc1ccc(Cl)c(Nc2nc3ccccc3nc2NS(=O)(=O)c2cccc(C(=O)N3CCCC(N)C3)c2)c1. The minimum absolute atomic E-state index is 0.0358. The summed E-state index contributed by atoms with van der Waals surface area (Å²) < 4.78 is 34.8. The number of nitrogens with zero attached hydrogens (tertiary/aromatic N) is 3. The van der Waals surface area contributed by atoms with Gasteiger partial charge in [-0.15, -0.1) is 0 Å². The Kier molecular flexibility index (Phi) is 7.56. The first-order valence-corrected chi connectivity index (χ1v) is 14.1. The van der Waals surface area contributed by atoms with Crippen LogP contribution in [0.3, 0.4) is 0 Å². The number of piperidine rings is 1. The van der Waals surface area contributed by atoms with E-state index in [0.717, 1.165) is 12.8 Å². The Morgan fingerprint density at radius 2 is 1.79 bits per heavy atom.